The number of benzene rings is 2. The molecule has 14 nitrogen and oxygen atoms in total. The number of nitrogens with one attached hydrogen (secondary N) is 1. The van der Waals surface area contributed by atoms with Crippen LogP contribution in [0, 0.1) is 12.0 Å². The number of nitrogens with zero attached hydrogens (tertiary/aromatic N) is 8. The Morgan fingerprint density at radius 3 is 2.20 bits per heavy atom. The Hall–Kier alpha value is -5.52. The molecule has 59 heavy (non-hydrogen) atoms. The van der Waals surface area contributed by atoms with Crippen LogP contribution in [-0.2, 0) is 9.59 Å². The molecule has 1 N–H and O–H groups in total. The fourth-order valence-electron chi connectivity index (χ4n) is 10.3. The molecule has 306 valence electrons. The maximum Gasteiger partial charge on any atom is 0.272 e. The first kappa shape index (κ1) is 39.0. The highest BCUT2D eigenvalue weighted by Crippen LogP contribution is 2.46. The first-order valence-corrected chi connectivity index (χ1v) is 21.2. The number of hydrogen-bond donors (Lipinski definition) is 1. The number of carbonyl (C=O) groups is 5. The lowest BCUT2D eigenvalue weighted by Crippen LogP contribution is -2.54. The second-order valence-electron chi connectivity index (χ2n) is 17.0. The summed E-state index contributed by atoms with van der Waals surface area (Å²) in [4.78, 5) is 84.8. The molecule has 7 heterocycles. The standard InChI is InChI=1S/C44H48ClN9O5/c1-28-25-44(27-53(28)31-4-7-36(46-2)35(45)24-31)13-17-50(18-14-44)32-5-8-37(47-26-32)43(59)52-21-19-51(20-22-52)29-11-15-49(16-12-29)30-3-6-33-34(23-30)42(58)54(41(33)57)38-9-10-39(55)48-40(38)56/h3-8,23-24,26,28-29,38H,9-22,25,27H2,1H3,(H,48,55,56)/t28-,38?/m0/s1. The number of anilines is 3. The molecule has 1 unspecified atom stereocenters. The number of fused-ring (bicyclic) bond motifs is 1. The molecule has 0 saturated carbocycles. The van der Waals surface area contributed by atoms with Crippen LogP contribution in [0.5, 0.6) is 0 Å². The van der Waals surface area contributed by atoms with E-state index in [1.165, 1.54) is 0 Å². The van der Waals surface area contributed by atoms with Crippen LogP contribution in [0.1, 0.15) is 83.1 Å². The van der Waals surface area contributed by atoms with Gasteiger partial charge in [0.05, 0.1) is 29.6 Å². The van der Waals surface area contributed by atoms with E-state index in [0.717, 1.165) is 99.9 Å². The van der Waals surface area contributed by atoms with Crippen molar-refractivity contribution in [3.63, 3.8) is 0 Å². The third kappa shape index (κ3) is 7.29. The molecule has 5 saturated heterocycles. The summed E-state index contributed by atoms with van der Waals surface area (Å²) in [7, 11) is 0. The number of aromatic nitrogens is 1. The second-order valence-corrected chi connectivity index (χ2v) is 17.4. The SMILES string of the molecule is [C-]#[N+]c1ccc(N2CC3(CCN(c4ccc(C(=O)N5CCN(C6CCN(c7ccc8c(c7)C(=O)N(C7CCC(=O)NC7=O)C8=O)CC6)CC5)nc4)CC3)C[C@@H]2C)cc1Cl. The maximum atomic E-state index is 13.6. The van der Waals surface area contributed by atoms with Crippen LogP contribution in [0.4, 0.5) is 22.7 Å². The number of amides is 5. The summed E-state index contributed by atoms with van der Waals surface area (Å²) in [6, 6.07) is 14.8. The minimum absolute atomic E-state index is 0.0333. The van der Waals surface area contributed by atoms with Crippen LogP contribution in [0.15, 0.2) is 54.7 Å². The minimum Gasteiger partial charge on any atom is -0.371 e. The van der Waals surface area contributed by atoms with Gasteiger partial charge in [-0.15, -0.1) is 0 Å². The zero-order valence-corrected chi connectivity index (χ0v) is 34.0. The van der Waals surface area contributed by atoms with Crippen molar-refractivity contribution in [2.75, 3.05) is 73.6 Å². The summed E-state index contributed by atoms with van der Waals surface area (Å²) in [5, 5.41) is 2.75. The third-order valence-electron chi connectivity index (χ3n) is 13.7. The average Bonchev–Trinajstić information content (AvgIpc) is 3.71. The molecule has 5 amide bonds. The van der Waals surface area contributed by atoms with Gasteiger partial charge >= 0.3 is 0 Å². The lowest BCUT2D eigenvalue weighted by atomic mass is 9.76. The zero-order valence-electron chi connectivity index (χ0n) is 33.2. The number of halogens is 1. The molecule has 15 heteroatoms. The molecule has 1 aromatic heterocycles. The number of piperazine rings is 1. The van der Waals surface area contributed by atoms with Crippen LogP contribution in [-0.4, -0.2) is 126 Å². The largest absolute Gasteiger partial charge is 0.371 e. The molecular formula is C44H48ClN9O5. The van der Waals surface area contributed by atoms with Crippen molar-refractivity contribution in [1.29, 1.82) is 0 Å². The van der Waals surface area contributed by atoms with Crippen molar-refractivity contribution in [3.05, 3.63) is 88.0 Å². The van der Waals surface area contributed by atoms with Gasteiger partial charge < -0.3 is 19.6 Å². The molecule has 3 aromatic rings. The van der Waals surface area contributed by atoms with E-state index in [4.69, 9.17) is 18.2 Å². The summed E-state index contributed by atoms with van der Waals surface area (Å²) >= 11 is 6.38. The van der Waals surface area contributed by atoms with Gasteiger partial charge in [-0.1, -0.05) is 17.7 Å². The van der Waals surface area contributed by atoms with Crippen molar-refractivity contribution >= 4 is 63.9 Å². The van der Waals surface area contributed by atoms with Gasteiger partial charge in [0.25, 0.3) is 17.7 Å². The second kappa shape index (κ2) is 15.6. The molecule has 2 atom stereocenters. The van der Waals surface area contributed by atoms with Gasteiger partial charge in [0.2, 0.25) is 17.5 Å². The Morgan fingerprint density at radius 1 is 0.831 bits per heavy atom. The van der Waals surface area contributed by atoms with Crippen molar-refractivity contribution < 1.29 is 24.0 Å². The Bertz CT molecular complexity index is 2240. The fraction of sp³-hybridized carbons (Fsp3) is 0.477. The van der Waals surface area contributed by atoms with Crippen LogP contribution in [0.25, 0.3) is 4.85 Å². The van der Waals surface area contributed by atoms with Crippen molar-refractivity contribution in [1.82, 2.24) is 25.0 Å². The van der Waals surface area contributed by atoms with E-state index in [1.807, 2.05) is 47.5 Å². The predicted octanol–water partition coefficient (Wildman–Crippen LogP) is 5.00. The number of imide groups is 2. The highest BCUT2D eigenvalue weighted by molar-refractivity contribution is 6.33. The molecule has 6 aliphatic heterocycles. The molecule has 1 spiro atoms. The summed E-state index contributed by atoms with van der Waals surface area (Å²) in [5.41, 5.74) is 4.78. The lowest BCUT2D eigenvalue weighted by molar-refractivity contribution is -0.136. The van der Waals surface area contributed by atoms with Gasteiger partial charge in [0, 0.05) is 93.8 Å². The number of hydrogen-bond acceptors (Lipinski definition) is 10. The Kier molecular flexibility index (Phi) is 10.3. The van der Waals surface area contributed by atoms with E-state index in [0.29, 0.717) is 47.1 Å². The quantitative estimate of drug-likeness (QED) is 0.268. The first-order valence-electron chi connectivity index (χ1n) is 20.8. The van der Waals surface area contributed by atoms with Crippen LogP contribution < -0.4 is 20.0 Å². The molecule has 6 aliphatic rings. The van der Waals surface area contributed by atoms with Gasteiger partial charge in [-0.2, -0.15) is 0 Å². The summed E-state index contributed by atoms with van der Waals surface area (Å²) in [5.74, 6) is -2.03. The predicted molar refractivity (Wildman–Crippen MR) is 223 cm³/mol. The van der Waals surface area contributed by atoms with E-state index in [9.17, 15) is 24.0 Å². The van der Waals surface area contributed by atoms with E-state index < -0.39 is 29.7 Å². The summed E-state index contributed by atoms with van der Waals surface area (Å²) in [6.07, 6.45) is 7.22. The molecule has 0 aliphatic carbocycles. The monoisotopic (exact) mass is 817 g/mol. The molecule has 0 radical (unpaired) electrons. The van der Waals surface area contributed by atoms with Crippen molar-refractivity contribution in [3.8, 4) is 0 Å². The lowest BCUT2D eigenvalue weighted by Gasteiger charge is -2.43. The number of pyridine rings is 1. The highest BCUT2D eigenvalue weighted by Gasteiger charge is 2.46. The van der Waals surface area contributed by atoms with E-state index in [-0.39, 0.29) is 29.7 Å². The fourth-order valence-corrected chi connectivity index (χ4v) is 10.5. The third-order valence-corrected chi connectivity index (χ3v) is 14.0. The molecular weight excluding hydrogens is 770 g/mol. The molecule has 9 rings (SSSR count). The normalized spacial score (nSPS) is 23.8. The molecule has 5 fully saturated rings. The van der Waals surface area contributed by atoms with Crippen molar-refractivity contribution in [2.24, 2.45) is 5.41 Å². The molecule has 2 aromatic carbocycles. The van der Waals surface area contributed by atoms with Crippen LogP contribution >= 0.6 is 11.6 Å². The first-order chi connectivity index (χ1) is 28.5. The van der Waals surface area contributed by atoms with E-state index in [2.05, 4.69) is 41.7 Å². The minimum atomic E-state index is -0.982. The van der Waals surface area contributed by atoms with Gasteiger partial charge in [-0.05, 0) is 93.3 Å². The van der Waals surface area contributed by atoms with E-state index >= 15 is 0 Å². The average molecular weight is 818 g/mol. The highest BCUT2D eigenvalue weighted by atomic mass is 35.5. The summed E-state index contributed by atoms with van der Waals surface area (Å²) in [6.45, 7) is 16.9. The van der Waals surface area contributed by atoms with Crippen molar-refractivity contribution in [2.45, 2.75) is 70.0 Å². The number of rotatable bonds is 6. The summed E-state index contributed by atoms with van der Waals surface area (Å²) < 4.78 is 0. The Labute approximate surface area is 348 Å². The topological polar surface area (TPSA) is 134 Å². The smallest absolute Gasteiger partial charge is 0.272 e. The number of piperidine rings is 3. The Balaban J connectivity index is 0.736. The van der Waals surface area contributed by atoms with Gasteiger partial charge in [-0.25, -0.2) is 9.83 Å². The zero-order chi connectivity index (χ0) is 41.0. The van der Waals surface area contributed by atoms with Crippen LogP contribution in [0.2, 0.25) is 5.02 Å². The van der Waals surface area contributed by atoms with Gasteiger partial charge in [0.15, 0.2) is 0 Å². The maximum absolute atomic E-state index is 13.6. The number of carbonyl (C=O) groups excluding carboxylic acids is 5. The van der Waals surface area contributed by atoms with E-state index in [1.54, 1.807) is 12.1 Å². The van der Waals surface area contributed by atoms with Crippen LogP contribution in [0.3, 0.4) is 0 Å². The Morgan fingerprint density at radius 2 is 1.53 bits per heavy atom. The molecule has 0 bridgehead atoms. The van der Waals surface area contributed by atoms with Gasteiger partial charge in [-0.3, -0.25) is 39.1 Å². The van der Waals surface area contributed by atoms with Gasteiger partial charge in [0.1, 0.15) is 11.7 Å².